The zero-order valence-corrected chi connectivity index (χ0v) is 11.9. The van der Waals surface area contributed by atoms with E-state index in [9.17, 15) is 19.7 Å². The molecule has 6 nitrogen and oxygen atoms in total. The van der Waals surface area contributed by atoms with Gasteiger partial charge in [-0.2, -0.15) is 0 Å². The fraction of sp³-hybridized carbons (Fsp3) is 0.0588. The van der Waals surface area contributed by atoms with Crippen molar-refractivity contribution in [3.05, 3.63) is 80.9 Å². The molecule has 0 unspecified atom stereocenters. The molecule has 1 aliphatic rings. The molecule has 2 aromatic carbocycles. The molecule has 0 atom stereocenters. The number of nitro groups is 1. The van der Waals surface area contributed by atoms with Crippen molar-refractivity contribution in [2.24, 2.45) is 0 Å². The second-order valence-electron chi connectivity index (χ2n) is 5.09. The first kappa shape index (κ1) is 14.8. The first-order valence-electron chi connectivity index (χ1n) is 6.80. The molecule has 1 N–H and O–H groups in total. The lowest BCUT2D eigenvalue weighted by atomic mass is 9.86. The SMILES string of the molecule is O=C1C=C(c2ccc(CO)cc2)C(=O)c2ccc([N+](=O)[O-])cc21. The molecule has 0 aromatic heterocycles. The van der Waals surface area contributed by atoms with Crippen molar-refractivity contribution in [1.29, 1.82) is 0 Å². The van der Waals surface area contributed by atoms with Gasteiger partial charge in [-0.1, -0.05) is 24.3 Å². The fourth-order valence-corrected chi connectivity index (χ4v) is 2.47. The van der Waals surface area contributed by atoms with E-state index in [4.69, 9.17) is 5.11 Å². The molecule has 2 aromatic rings. The Balaban J connectivity index is 2.06. The highest BCUT2D eigenvalue weighted by Crippen LogP contribution is 2.30. The number of non-ortho nitro benzene ring substituents is 1. The van der Waals surface area contributed by atoms with Gasteiger partial charge in [0.05, 0.1) is 11.5 Å². The predicted molar refractivity (Wildman–Crippen MR) is 82.1 cm³/mol. The number of carbonyl (C=O) groups excluding carboxylic acids is 2. The van der Waals surface area contributed by atoms with E-state index in [0.29, 0.717) is 11.1 Å². The number of aliphatic hydroxyl groups is 1. The molecule has 0 aliphatic heterocycles. The number of aliphatic hydroxyl groups excluding tert-OH is 1. The summed E-state index contributed by atoms with van der Waals surface area (Å²) in [5.41, 5.74) is 1.46. The number of nitrogens with zero attached hydrogens (tertiary/aromatic N) is 1. The van der Waals surface area contributed by atoms with E-state index < -0.39 is 10.7 Å². The number of nitro benzene ring substituents is 1. The molecule has 0 saturated heterocycles. The molecule has 23 heavy (non-hydrogen) atoms. The molecule has 0 bridgehead atoms. The van der Waals surface area contributed by atoms with Gasteiger partial charge in [-0.15, -0.1) is 0 Å². The third-order valence-electron chi connectivity index (χ3n) is 3.69. The van der Waals surface area contributed by atoms with Gasteiger partial charge in [0.15, 0.2) is 11.6 Å². The summed E-state index contributed by atoms with van der Waals surface area (Å²) in [5, 5.41) is 19.8. The Morgan fingerprint density at radius 3 is 2.30 bits per heavy atom. The molecule has 0 amide bonds. The molecule has 6 heteroatoms. The van der Waals surface area contributed by atoms with E-state index in [1.807, 2.05) is 0 Å². The maximum Gasteiger partial charge on any atom is 0.270 e. The molecule has 114 valence electrons. The second kappa shape index (κ2) is 5.58. The summed E-state index contributed by atoms with van der Waals surface area (Å²) >= 11 is 0. The van der Waals surface area contributed by atoms with Gasteiger partial charge >= 0.3 is 0 Å². The summed E-state index contributed by atoms with van der Waals surface area (Å²) in [6.45, 7) is -0.112. The maximum atomic E-state index is 12.6. The number of benzene rings is 2. The van der Waals surface area contributed by atoms with Crippen molar-refractivity contribution in [3.8, 4) is 0 Å². The van der Waals surface area contributed by atoms with Crippen LogP contribution in [0.2, 0.25) is 0 Å². The Labute approximate surface area is 130 Å². The number of hydrogen-bond donors (Lipinski definition) is 1. The highest BCUT2D eigenvalue weighted by atomic mass is 16.6. The molecule has 1 aliphatic carbocycles. The first-order chi connectivity index (χ1) is 11.0. The van der Waals surface area contributed by atoms with Crippen LogP contribution in [0.5, 0.6) is 0 Å². The van der Waals surface area contributed by atoms with Gasteiger partial charge in [0.2, 0.25) is 0 Å². The zero-order valence-electron chi connectivity index (χ0n) is 11.9. The number of allylic oxidation sites excluding steroid dienone is 2. The van der Waals surface area contributed by atoms with Crippen LogP contribution in [0.25, 0.3) is 5.57 Å². The third-order valence-corrected chi connectivity index (χ3v) is 3.69. The Morgan fingerprint density at radius 2 is 1.70 bits per heavy atom. The van der Waals surface area contributed by atoms with Crippen molar-refractivity contribution in [2.75, 3.05) is 0 Å². The number of rotatable bonds is 3. The van der Waals surface area contributed by atoms with Gasteiger partial charge in [0, 0.05) is 28.8 Å². The van der Waals surface area contributed by atoms with Crippen LogP contribution in [-0.2, 0) is 6.61 Å². The van der Waals surface area contributed by atoms with E-state index in [1.54, 1.807) is 24.3 Å². The van der Waals surface area contributed by atoms with Gasteiger partial charge in [-0.3, -0.25) is 19.7 Å². The standard InChI is InChI=1S/C17H11NO5/c19-9-10-1-3-11(4-2-10)14-8-16(20)15-7-12(18(22)23)5-6-13(15)17(14)21/h1-8,19H,9H2. The normalized spacial score (nSPS) is 13.5. The average molecular weight is 309 g/mol. The molecule has 0 saturated carbocycles. The quantitative estimate of drug-likeness (QED) is 0.694. The van der Waals surface area contributed by atoms with E-state index in [1.165, 1.54) is 18.2 Å². The van der Waals surface area contributed by atoms with Crippen molar-refractivity contribution < 1.29 is 19.6 Å². The Kier molecular flexibility index (Phi) is 3.59. The predicted octanol–water partition coefficient (Wildman–Crippen LogP) is 2.55. The largest absolute Gasteiger partial charge is 0.392 e. The van der Waals surface area contributed by atoms with Crippen LogP contribution in [-0.4, -0.2) is 21.6 Å². The lowest BCUT2D eigenvalue weighted by Crippen LogP contribution is -2.16. The van der Waals surface area contributed by atoms with Crippen LogP contribution in [0.15, 0.2) is 48.5 Å². The minimum atomic E-state index is -0.606. The van der Waals surface area contributed by atoms with Crippen LogP contribution >= 0.6 is 0 Å². The highest BCUT2D eigenvalue weighted by Gasteiger charge is 2.28. The van der Waals surface area contributed by atoms with Gasteiger partial charge in [0.25, 0.3) is 5.69 Å². The minimum absolute atomic E-state index is 0.0416. The number of ketones is 2. The summed E-state index contributed by atoms with van der Waals surface area (Å²) < 4.78 is 0. The van der Waals surface area contributed by atoms with E-state index >= 15 is 0 Å². The number of carbonyl (C=O) groups is 2. The van der Waals surface area contributed by atoms with Crippen LogP contribution in [0.4, 0.5) is 5.69 Å². The smallest absolute Gasteiger partial charge is 0.270 e. The van der Waals surface area contributed by atoms with Crippen molar-refractivity contribution in [2.45, 2.75) is 6.61 Å². The van der Waals surface area contributed by atoms with Crippen LogP contribution in [0, 0.1) is 10.1 Å². The van der Waals surface area contributed by atoms with E-state index in [0.717, 1.165) is 6.07 Å². The lowest BCUT2D eigenvalue weighted by Gasteiger charge is -2.15. The summed E-state index contributed by atoms with van der Waals surface area (Å²) in [4.78, 5) is 35.0. The third kappa shape index (κ3) is 2.56. The summed E-state index contributed by atoms with van der Waals surface area (Å²) in [5.74, 6) is -0.796. The number of Topliss-reactive ketones (excluding diaryl/α,β-unsaturated/α-hetero) is 1. The molecular weight excluding hydrogens is 298 g/mol. The van der Waals surface area contributed by atoms with Crippen LogP contribution in [0.3, 0.4) is 0 Å². The molecule has 0 radical (unpaired) electrons. The minimum Gasteiger partial charge on any atom is -0.392 e. The number of hydrogen-bond acceptors (Lipinski definition) is 5. The van der Waals surface area contributed by atoms with Crippen LogP contribution in [0.1, 0.15) is 31.8 Å². The second-order valence-corrected chi connectivity index (χ2v) is 5.09. The lowest BCUT2D eigenvalue weighted by molar-refractivity contribution is -0.384. The summed E-state index contributed by atoms with van der Waals surface area (Å²) in [6.07, 6.45) is 1.20. The molecule has 3 rings (SSSR count). The van der Waals surface area contributed by atoms with Gasteiger partial charge < -0.3 is 5.11 Å². The van der Waals surface area contributed by atoms with E-state index in [2.05, 4.69) is 0 Å². The van der Waals surface area contributed by atoms with Crippen molar-refractivity contribution in [1.82, 2.24) is 0 Å². The number of fused-ring (bicyclic) bond motifs is 1. The van der Waals surface area contributed by atoms with Crippen molar-refractivity contribution >= 4 is 22.8 Å². The van der Waals surface area contributed by atoms with Gasteiger partial charge in [-0.05, 0) is 23.3 Å². The molecule has 0 spiro atoms. The van der Waals surface area contributed by atoms with Crippen molar-refractivity contribution in [3.63, 3.8) is 0 Å². The molecular formula is C17H11NO5. The average Bonchev–Trinajstić information content (AvgIpc) is 2.57. The zero-order chi connectivity index (χ0) is 16.6. The topological polar surface area (TPSA) is 97.5 Å². The Morgan fingerprint density at radius 1 is 1.00 bits per heavy atom. The monoisotopic (exact) mass is 309 g/mol. The molecule has 0 fully saturated rings. The Bertz CT molecular complexity index is 865. The Hall–Kier alpha value is -3.12. The summed E-state index contributed by atoms with van der Waals surface area (Å²) in [6, 6.07) is 10.3. The fourth-order valence-electron chi connectivity index (χ4n) is 2.47. The highest BCUT2D eigenvalue weighted by molar-refractivity contribution is 6.38. The summed E-state index contributed by atoms with van der Waals surface area (Å²) in [7, 11) is 0. The van der Waals surface area contributed by atoms with Gasteiger partial charge in [0.1, 0.15) is 0 Å². The van der Waals surface area contributed by atoms with Gasteiger partial charge in [-0.25, -0.2) is 0 Å². The maximum absolute atomic E-state index is 12.6. The van der Waals surface area contributed by atoms with E-state index in [-0.39, 0.29) is 34.8 Å². The first-order valence-corrected chi connectivity index (χ1v) is 6.80. The molecule has 0 heterocycles. The van der Waals surface area contributed by atoms with Crippen LogP contribution < -0.4 is 0 Å².